The monoisotopic (exact) mass is 540 g/mol. The van der Waals surface area contributed by atoms with Crippen LogP contribution in [0.5, 0.6) is 0 Å². The predicted octanol–water partition coefficient (Wildman–Crippen LogP) is 8.06. The van der Waals surface area contributed by atoms with E-state index < -0.39 is 0 Å². The van der Waals surface area contributed by atoms with E-state index in [0.717, 1.165) is 67.2 Å². The van der Waals surface area contributed by atoms with E-state index in [-0.39, 0.29) is 0 Å². The number of benzene rings is 1. The topological polar surface area (TPSA) is 77.3 Å². The Balaban J connectivity index is 1.38. The van der Waals surface area contributed by atoms with Gasteiger partial charge in [-0.25, -0.2) is 0 Å². The molecule has 198 valence electrons. The maximum atomic E-state index is 4.57. The van der Waals surface area contributed by atoms with Gasteiger partial charge in [0.25, 0.3) is 0 Å². The normalized spacial score (nSPS) is 10.9. The van der Waals surface area contributed by atoms with Gasteiger partial charge >= 0.3 is 0 Å². The van der Waals surface area contributed by atoms with E-state index in [9.17, 15) is 0 Å². The van der Waals surface area contributed by atoms with Gasteiger partial charge in [0.15, 0.2) is 0 Å². The van der Waals surface area contributed by atoms with Crippen LogP contribution in [-0.2, 0) is 0 Å². The summed E-state index contributed by atoms with van der Waals surface area (Å²) in [7, 11) is 0. The highest BCUT2D eigenvalue weighted by atomic mass is 14.7. The Labute approximate surface area is 243 Å². The van der Waals surface area contributed by atoms with Crippen molar-refractivity contribution in [2.24, 2.45) is 0 Å². The van der Waals surface area contributed by atoms with Crippen LogP contribution in [0.4, 0.5) is 0 Å². The number of pyridine rings is 6. The summed E-state index contributed by atoms with van der Waals surface area (Å²) in [5, 5.41) is 0. The van der Waals surface area contributed by atoms with Gasteiger partial charge in [-0.15, -0.1) is 0 Å². The lowest BCUT2D eigenvalue weighted by Crippen LogP contribution is -1.91. The fourth-order valence-electron chi connectivity index (χ4n) is 4.94. The second kappa shape index (κ2) is 11.3. The van der Waals surface area contributed by atoms with Crippen molar-refractivity contribution in [1.82, 2.24) is 29.9 Å². The zero-order valence-electron chi connectivity index (χ0n) is 22.5. The Morgan fingerprint density at radius 2 is 0.571 bits per heavy atom. The molecule has 6 heterocycles. The third-order valence-electron chi connectivity index (χ3n) is 7.03. The third-order valence-corrected chi connectivity index (χ3v) is 7.03. The smallest absolute Gasteiger partial charge is 0.0717 e. The van der Waals surface area contributed by atoms with Crippen molar-refractivity contribution in [2.75, 3.05) is 0 Å². The number of aromatic nitrogens is 6. The zero-order valence-corrected chi connectivity index (χ0v) is 22.5. The summed E-state index contributed by atoms with van der Waals surface area (Å²) in [4.78, 5) is 27.3. The molecule has 0 atom stereocenters. The van der Waals surface area contributed by atoms with Crippen LogP contribution in [0, 0.1) is 0 Å². The van der Waals surface area contributed by atoms with E-state index in [1.165, 1.54) is 0 Å². The van der Waals surface area contributed by atoms with E-state index in [1.54, 1.807) is 18.6 Å². The van der Waals surface area contributed by atoms with E-state index >= 15 is 0 Å². The number of hydrogen-bond donors (Lipinski definition) is 0. The highest BCUT2D eigenvalue weighted by Crippen LogP contribution is 2.35. The third kappa shape index (κ3) is 5.29. The molecule has 0 bridgehead atoms. The van der Waals surface area contributed by atoms with Crippen LogP contribution < -0.4 is 0 Å². The fraction of sp³-hybridized carbons (Fsp3) is 0. The molecule has 6 heteroatoms. The summed E-state index contributed by atoms with van der Waals surface area (Å²) < 4.78 is 0. The van der Waals surface area contributed by atoms with E-state index in [1.807, 2.05) is 91.8 Å². The molecule has 0 unspecified atom stereocenters. The van der Waals surface area contributed by atoms with Crippen molar-refractivity contribution >= 4 is 0 Å². The minimum Gasteiger partial charge on any atom is -0.263 e. The minimum atomic E-state index is 0.878. The van der Waals surface area contributed by atoms with Gasteiger partial charge < -0.3 is 0 Å². The Morgan fingerprint density at radius 3 is 0.857 bits per heavy atom. The molecule has 1 aromatic carbocycles. The first kappa shape index (κ1) is 25.1. The van der Waals surface area contributed by atoms with Gasteiger partial charge in [0.1, 0.15) is 0 Å². The molecule has 0 spiro atoms. The maximum Gasteiger partial charge on any atom is 0.0717 e. The van der Waals surface area contributed by atoms with Gasteiger partial charge in [0.05, 0.1) is 17.1 Å². The van der Waals surface area contributed by atoms with Gasteiger partial charge in [-0.2, -0.15) is 0 Å². The van der Waals surface area contributed by atoms with Crippen LogP contribution in [0.1, 0.15) is 0 Å². The molecule has 0 saturated heterocycles. The summed E-state index contributed by atoms with van der Waals surface area (Å²) in [6.45, 7) is 0. The van der Waals surface area contributed by atoms with Crippen molar-refractivity contribution in [1.29, 1.82) is 0 Å². The van der Waals surface area contributed by atoms with Crippen LogP contribution in [0.25, 0.3) is 67.2 Å². The van der Waals surface area contributed by atoms with Gasteiger partial charge in [-0.3, -0.25) is 29.9 Å². The van der Waals surface area contributed by atoms with E-state index in [0.29, 0.717) is 0 Å². The van der Waals surface area contributed by atoms with Crippen molar-refractivity contribution in [3.63, 3.8) is 0 Å². The lowest BCUT2D eigenvalue weighted by molar-refractivity contribution is 1.27. The van der Waals surface area contributed by atoms with Gasteiger partial charge in [0, 0.05) is 89.2 Å². The number of rotatable bonds is 6. The van der Waals surface area contributed by atoms with Crippen molar-refractivity contribution in [3.8, 4) is 67.2 Å². The van der Waals surface area contributed by atoms with Crippen molar-refractivity contribution in [3.05, 3.63) is 147 Å². The molecule has 0 aliphatic heterocycles. The molecule has 7 rings (SSSR count). The Bertz CT molecular complexity index is 1730. The molecule has 0 radical (unpaired) electrons. The van der Waals surface area contributed by atoms with Crippen LogP contribution in [-0.4, -0.2) is 29.9 Å². The zero-order chi connectivity index (χ0) is 28.1. The standard InChI is InChI=1S/C36H24N6/c1-4-10-40-34(7-1)31-16-28(19-37-22-31)25-13-26(29-17-32(23-38-20-29)35-8-2-5-11-41-35)15-27(14-25)30-18-33(24-39-21-30)36-9-3-6-12-42-36/h1-24H. The fourth-order valence-corrected chi connectivity index (χ4v) is 4.94. The largest absolute Gasteiger partial charge is 0.263 e. The van der Waals surface area contributed by atoms with Crippen molar-refractivity contribution in [2.45, 2.75) is 0 Å². The first-order valence-electron chi connectivity index (χ1n) is 13.6. The summed E-state index contributed by atoms with van der Waals surface area (Å²) in [5.74, 6) is 0. The van der Waals surface area contributed by atoms with E-state index in [4.69, 9.17) is 0 Å². The Kier molecular flexibility index (Phi) is 6.76. The van der Waals surface area contributed by atoms with Gasteiger partial charge in [0.2, 0.25) is 0 Å². The molecular formula is C36H24N6. The first-order chi connectivity index (χ1) is 20.8. The molecule has 0 N–H and O–H groups in total. The average molecular weight is 541 g/mol. The molecule has 0 saturated carbocycles. The maximum absolute atomic E-state index is 4.57. The van der Waals surface area contributed by atoms with Crippen molar-refractivity contribution < 1.29 is 0 Å². The quantitative estimate of drug-likeness (QED) is 0.212. The summed E-state index contributed by atoms with van der Waals surface area (Å²) >= 11 is 0. The van der Waals surface area contributed by atoms with Gasteiger partial charge in [-0.1, -0.05) is 18.2 Å². The predicted molar refractivity (Wildman–Crippen MR) is 166 cm³/mol. The van der Waals surface area contributed by atoms with E-state index in [2.05, 4.69) is 66.3 Å². The minimum absolute atomic E-state index is 0.878. The van der Waals surface area contributed by atoms with Gasteiger partial charge in [-0.05, 0) is 89.5 Å². The molecule has 0 aliphatic carbocycles. The molecule has 0 fully saturated rings. The average Bonchev–Trinajstić information content (AvgIpc) is 3.09. The highest BCUT2D eigenvalue weighted by molar-refractivity contribution is 5.83. The molecule has 7 aromatic rings. The van der Waals surface area contributed by atoms with Crippen LogP contribution in [0.15, 0.2) is 147 Å². The Hall–Kier alpha value is -5.88. The molecule has 6 nitrogen and oxygen atoms in total. The molecule has 6 aromatic heterocycles. The number of hydrogen-bond acceptors (Lipinski definition) is 6. The molecule has 0 amide bonds. The number of nitrogens with zero attached hydrogens (tertiary/aromatic N) is 6. The summed E-state index contributed by atoms with van der Waals surface area (Å²) in [6.07, 6.45) is 16.6. The second-order valence-electron chi connectivity index (χ2n) is 9.83. The lowest BCUT2D eigenvalue weighted by Gasteiger charge is -2.13. The summed E-state index contributed by atoms with van der Waals surface area (Å²) in [5.41, 5.74) is 11.6. The molecule has 42 heavy (non-hydrogen) atoms. The van der Waals surface area contributed by atoms with Crippen LogP contribution >= 0.6 is 0 Å². The Morgan fingerprint density at radius 1 is 0.286 bits per heavy atom. The van der Waals surface area contributed by atoms with Crippen LogP contribution in [0.2, 0.25) is 0 Å². The summed E-state index contributed by atoms with van der Waals surface area (Å²) in [6, 6.07) is 30.6. The lowest BCUT2D eigenvalue weighted by atomic mass is 9.93. The van der Waals surface area contributed by atoms with Crippen LogP contribution in [0.3, 0.4) is 0 Å². The first-order valence-corrected chi connectivity index (χ1v) is 13.6. The second-order valence-corrected chi connectivity index (χ2v) is 9.83. The highest BCUT2D eigenvalue weighted by Gasteiger charge is 2.12. The molecular weight excluding hydrogens is 516 g/mol. The molecule has 0 aliphatic rings. The SMILES string of the molecule is c1ccc(-c2cncc(-c3cc(-c4cncc(-c5ccccn5)c4)cc(-c4cncc(-c5ccccn5)c4)c3)c2)nc1.